The largest absolute Gasteiger partial charge is 0.399 e. The Morgan fingerprint density at radius 1 is 1.09 bits per heavy atom. The lowest BCUT2D eigenvalue weighted by atomic mass is 10.1. The molecule has 0 bridgehead atoms. The summed E-state index contributed by atoms with van der Waals surface area (Å²) in [4.78, 5) is 16.9. The molecule has 0 saturated carbocycles. The summed E-state index contributed by atoms with van der Waals surface area (Å²) >= 11 is 11.9. The molecule has 0 fully saturated rings. The van der Waals surface area contributed by atoms with Gasteiger partial charge in [-0.25, -0.2) is 0 Å². The van der Waals surface area contributed by atoms with Gasteiger partial charge in [-0.1, -0.05) is 52.6 Å². The number of anilines is 1. The minimum atomic E-state index is -0.0972. The highest BCUT2D eigenvalue weighted by Gasteiger charge is 2.11. The first-order valence-electron chi connectivity index (χ1n) is 7.00. The van der Waals surface area contributed by atoms with E-state index >= 15 is 0 Å². The van der Waals surface area contributed by atoms with E-state index in [1.54, 1.807) is 18.2 Å². The fourth-order valence-electron chi connectivity index (χ4n) is 2.01. The standard InChI is InChI=1S/C17H16Cl2N2O2/c1-23-21-16(12-7-8-14(18)15(19)11-12)9-10-17(22)20-13-5-3-2-4-6-13/h2-8,11H,9-10H2,1H3,(H,20,22)/b21-16-. The first-order chi connectivity index (χ1) is 11.1. The Morgan fingerprint density at radius 3 is 2.48 bits per heavy atom. The number of oxime groups is 1. The number of nitrogens with zero attached hydrogens (tertiary/aromatic N) is 1. The molecule has 4 nitrogen and oxygen atoms in total. The second-order valence-corrected chi connectivity index (χ2v) is 5.58. The molecule has 0 heterocycles. The van der Waals surface area contributed by atoms with Crippen LogP contribution in [0.1, 0.15) is 18.4 Å². The predicted molar refractivity (Wildman–Crippen MR) is 94.3 cm³/mol. The quantitative estimate of drug-likeness (QED) is 0.602. The van der Waals surface area contributed by atoms with Gasteiger partial charge in [0, 0.05) is 24.1 Å². The van der Waals surface area contributed by atoms with Crippen LogP contribution in [0.15, 0.2) is 53.7 Å². The third kappa shape index (κ3) is 5.27. The molecule has 0 radical (unpaired) electrons. The van der Waals surface area contributed by atoms with Crippen molar-refractivity contribution in [2.45, 2.75) is 12.8 Å². The Balaban J connectivity index is 2.01. The summed E-state index contributed by atoms with van der Waals surface area (Å²) in [6, 6.07) is 14.5. The number of amides is 1. The third-order valence-electron chi connectivity index (χ3n) is 3.10. The molecule has 0 aliphatic rings. The van der Waals surface area contributed by atoms with E-state index in [0.29, 0.717) is 22.2 Å². The van der Waals surface area contributed by atoms with Crippen molar-refractivity contribution in [2.75, 3.05) is 12.4 Å². The van der Waals surface area contributed by atoms with E-state index in [2.05, 4.69) is 10.5 Å². The molecular formula is C17H16Cl2N2O2. The molecule has 23 heavy (non-hydrogen) atoms. The number of halogens is 2. The number of carbonyl (C=O) groups is 1. The van der Waals surface area contributed by atoms with Crippen molar-refractivity contribution in [2.24, 2.45) is 5.16 Å². The van der Waals surface area contributed by atoms with Crippen molar-refractivity contribution in [3.8, 4) is 0 Å². The molecule has 2 aromatic rings. The van der Waals surface area contributed by atoms with Gasteiger partial charge in [-0.05, 0) is 24.3 Å². The Hall–Kier alpha value is -2.04. The summed E-state index contributed by atoms with van der Waals surface area (Å²) in [6.45, 7) is 0. The van der Waals surface area contributed by atoms with Crippen LogP contribution in [0.2, 0.25) is 10.0 Å². The van der Waals surface area contributed by atoms with Gasteiger partial charge in [0.15, 0.2) is 0 Å². The van der Waals surface area contributed by atoms with Gasteiger partial charge in [-0.15, -0.1) is 0 Å². The highest BCUT2D eigenvalue weighted by Crippen LogP contribution is 2.23. The molecule has 0 unspecified atom stereocenters. The first kappa shape index (κ1) is 17.3. The Morgan fingerprint density at radius 2 is 1.83 bits per heavy atom. The topological polar surface area (TPSA) is 50.7 Å². The van der Waals surface area contributed by atoms with Crippen LogP contribution in [0.25, 0.3) is 0 Å². The number of rotatable bonds is 6. The summed E-state index contributed by atoms with van der Waals surface area (Å²) in [7, 11) is 1.46. The van der Waals surface area contributed by atoms with Gasteiger partial charge in [-0.2, -0.15) is 0 Å². The van der Waals surface area contributed by atoms with Crippen molar-refractivity contribution in [3.05, 3.63) is 64.1 Å². The smallest absolute Gasteiger partial charge is 0.224 e. The highest BCUT2D eigenvalue weighted by atomic mass is 35.5. The summed E-state index contributed by atoms with van der Waals surface area (Å²) in [5, 5.41) is 7.71. The number of para-hydroxylation sites is 1. The fraction of sp³-hybridized carbons (Fsp3) is 0.176. The van der Waals surface area contributed by atoms with Gasteiger partial charge in [-0.3, -0.25) is 4.79 Å². The molecule has 0 aliphatic carbocycles. The van der Waals surface area contributed by atoms with E-state index in [9.17, 15) is 4.79 Å². The SMILES string of the molecule is CO/N=C(/CCC(=O)Nc1ccccc1)c1ccc(Cl)c(Cl)c1. The van der Waals surface area contributed by atoms with Crippen molar-refractivity contribution < 1.29 is 9.63 Å². The zero-order valence-corrected chi connectivity index (χ0v) is 14.1. The summed E-state index contributed by atoms with van der Waals surface area (Å²) < 4.78 is 0. The van der Waals surface area contributed by atoms with Crippen molar-refractivity contribution in [1.82, 2.24) is 0 Å². The van der Waals surface area contributed by atoms with Crippen LogP contribution in [-0.2, 0) is 9.63 Å². The van der Waals surface area contributed by atoms with Gasteiger partial charge in [0.25, 0.3) is 0 Å². The molecule has 1 N–H and O–H groups in total. The van der Waals surface area contributed by atoms with Crippen LogP contribution in [0.4, 0.5) is 5.69 Å². The van der Waals surface area contributed by atoms with Gasteiger partial charge in [0.05, 0.1) is 15.8 Å². The lowest BCUT2D eigenvalue weighted by Crippen LogP contribution is -2.14. The van der Waals surface area contributed by atoms with Crippen LogP contribution in [0.3, 0.4) is 0 Å². The van der Waals surface area contributed by atoms with E-state index in [1.165, 1.54) is 7.11 Å². The number of benzene rings is 2. The summed E-state index contributed by atoms with van der Waals surface area (Å²) in [5.41, 5.74) is 2.17. The molecule has 6 heteroatoms. The van der Waals surface area contributed by atoms with E-state index in [0.717, 1.165) is 11.3 Å². The van der Waals surface area contributed by atoms with Gasteiger partial charge in [0.2, 0.25) is 5.91 Å². The molecule has 0 aromatic heterocycles. The molecule has 0 spiro atoms. The van der Waals surface area contributed by atoms with Crippen molar-refractivity contribution >= 4 is 40.5 Å². The van der Waals surface area contributed by atoms with Crippen LogP contribution >= 0.6 is 23.2 Å². The highest BCUT2D eigenvalue weighted by molar-refractivity contribution is 6.42. The third-order valence-corrected chi connectivity index (χ3v) is 3.84. The van der Waals surface area contributed by atoms with E-state index in [-0.39, 0.29) is 12.3 Å². The number of hydrogen-bond donors (Lipinski definition) is 1. The van der Waals surface area contributed by atoms with E-state index in [1.807, 2.05) is 30.3 Å². The van der Waals surface area contributed by atoms with E-state index < -0.39 is 0 Å². The number of carbonyl (C=O) groups excluding carboxylic acids is 1. The summed E-state index contributed by atoms with van der Waals surface area (Å²) in [6.07, 6.45) is 0.696. The Bertz CT molecular complexity index is 703. The lowest BCUT2D eigenvalue weighted by Gasteiger charge is -2.08. The summed E-state index contributed by atoms with van der Waals surface area (Å²) in [5.74, 6) is -0.0972. The maximum atomic E-state index is 12.0. The first-order valence-corrected chi connectivity index (χ1v) is 7.76. The fourth-order valence-corrected chi connectivity index (χ4v) is 2.30. The molecule has 120 valence electrons. The zero-order chi connectivity index (χ0) is 16.7. The van der Waals surface area contributed by atoms with Crippen LogP contribution in [-0.4, -0.2) is 18.7 Å². The number of nitrogens with one attached hydrogen (secondary N) is 1. The van der Waals surface area contributed by atoms with E-state index in [4.69, 9.17) is 28.0 Å². The average Bonchev–Trinajstić information content (AvgIpc) is 2.55. The molecular weight excluding hydrogens is 335 g/mol. The minimum Gasteiger partial charge on any atom is -0.399 e. The van der Waals surface area contributed by atoms with Crippen LogP contribution in [0, 0.1) is 0 Å². The minimum absolute atomic E-state index is 0.0972. The van der Waals surface area contributed by atoms with Gasteiger partial charge in [0.1, 0.15) is 7.11 Å². The molecule has 0 aliphatic heterocycles. The zero-order valence-electron chi connectivity index (χ0n) is 12.6. The molecule has 0 atom stereocenters. The normalized spacial score (nSPS) is 11.2. The van der Waals surface area contributed by atoms with Gasteiger partial charge < -0.3 is 10.2 Å². The lowest BCUT2D eigenvalue weighted by molar-refractivity contribution is -0.116. The average molecular weight is 351 g/mol. The maximum Gasteiger partial charge on any atom is 0.224 e. The molecule has 2 aromatic carbocycles. The predicted octanol–water partition coefficient (Wildman–Crippen LogP) is 4.76. The number of hydrogen-bond acceptors (Lipinski definition) is 3. The van der Waals surface area contributed by atoms with Crippen molar-refractivity contribution in [3.63, 3.8) is 0 Å². The monoisotopic (exact) mass is 350 g/mol. The Kier molecular flexibility index (Phi) is 6.44. The van der Waals surface area contributed by atoms with Crippen LogP contribution < -0.4 is 5.32 Å². The Labute approximate surface area is 145 Å². The maximum absolute atomic E-state index is 12.0. The molecule has 1 amide bonds. The van der Waals surface area contributed by atoms with Crippen LogP contribution in [0.5, 0.6) is 0 Å². The second kappa shape index (κ2) is 8.56. The molecule has 0 saturated heterocycles. The van der Waals surface area contributed by atoms with Crippen molar-refractivity contribution in [1.29, 1.82) is 0 Å². The molecule has 2 rings (SSSR count). The van der Waals surface area contributed by atoms with Gasteiger partial charge >= 0.3 is 0 Å². The second-order valence-electron chi connectivity index (χ2n) is 4.76.